The van der Waals surface area contributed by atoms with E-state index in [1.54, 1.807) is 4.31 Å². The number of carbonyl (C=O) groups excluding carboxylic acids is 2. The van der Waals surface area contributed by atoms with Crippen molar-refractivity contribution in [3.8, 4) is 22.4 Å². The van der Waals surface area contributed by atoms with E-state index in [9.17, 15) is 9.59 Å². The van der Waals surface area contributed by atoms with Crippen molar-refractivity contribution in [2.75, 3.05) is 13.1 Å². The number of piperidine rings is 1. The first kappa shape index (κ1) is 34.0. The van der Waals surface area contributed by atoms with E-state index in [0.29, 0.717) is 13.1 Å². The SMILES string of the molecule is CC(C)(C)OC(=O)N1CCC[C@@H](c2ncc(-c3ccc4cc(-c5ccc6nc([C@@H]7CCCCN7C(=O)OC(C)(C)C)[nH]c6c5)ccc4c3)[nH]2)S1. The van der Waals surface area contributed by atoms with Crippen LogP contribution in [0.15, 0.2) is 60.8 Å². The fraction of sp³-hybridized carbons (Fsp3) is 0.436. The van der Waals surface area contributed by atoms with Crippen molar-refractivity contribution in [1.29, 1.82) is 0 Å². The minimum atomic E-state index is -0.547. The van der Waals surface area contributed by atoms with Gasteiger partial charge in [0.2, 0.25) is 0 Å². The number of carbonyl (C=O) groups is 2. The van der Waals surface area contributed by atoms with Crippen LogP contribution in [0.25, 0.3) is 44.2 Å². The predicted octanol–water partition coefficient (Wildman–Crippen LogP) is 9.96. The third kappa shape index (κ3) is 7.47. The molecule has 2 aromatic heterocycles. The molecule has 50 heavy (non-hydrogen) atoms. The normalized spacial score (nSPS) is 18.8. The Morgan fingerprint density at radius 2 is 1.44 bits per heavy atom. The summed E-state index contributed by atoms with van der Waals surface area (Å²) >= 11 is 1.49. The zero-order valence-electron chi connectivity index (χ0n) is 29.7. The van der Waals surface area contributed by atoms with Crippen LogP contribution in [0.5, 0.6) is 0 Å². The highest BCUT2D eigenvalue weighted by atomic mass is 32.2. The largest absolute Gasteiger partial charge is 0.444 e. The van der Waals surface area contributed by atoms with Gasteiger partial charge in [-0.1, -0.05) is 30.3 Å². The van der Waals surface area contributed by atoms with E-state index in [4.69, 9.17) is 19.4 Å². The number of hydrogen-bond donors (Lipinski definition) is 2. The highest BCUT2D eigenvalue weighted by molar-refractivity contribution is 7.97. The van der Waals surface area contributed by atoms with Gasteiger partial charge < -0.3 is 19.4 Å². The van der Waals surface area contributed by atoms with Crippen molar-refractivity contribution < 1.29 is 19.1 Å². The van der Waals surface area contributed by atoms with E-state index < -0.39 is 11.2 Å². The maximum atomic E-state index is 13.0. The number of ether oxygens (including phenoxy) is 2. The first-order valence-electron chi connectivity index (χ1n) is 17.6. The lowest BCUT2D eigenvalue weighted by atomic mass is 9.99. The van der Waals surface area contributed by atoms with E-state index in [1.807, 2.05) is 58.7 Å². The summed E-state index contributed by atoms with van der Waals surface area (Å²) in [6, 6.07) is 19.1. The van der Waals surface area contributed by atoms with Crippen LogP contribution in [-0.4, -0.2) is 65.6 Å². The molecule has 2 N–H and O–H groups in total. The number of rotatable bonds is 4. The zero-order chi connectivity index (χ0) is 35.2. The quantitative estimate of drug-likeness (QED) is 0.180. The van der Waals surface area contributed by atoms with Crippen molar-refractivity contribution in [2.24, 2.45) is 0 Å². The molecule has 262 valence electrons. The second-order valence-corrected chi connectivity index (χ2v) is 16.5. The highest BCUT2D eigenvalue weighted by Crippen LogP contribution is 2.40. The van der Waals surface area contributed by atoms with Crippen molar-refractivity contribution in [2.45, 2.75) is 96.1 Å². The number of amides is 2. The van der Waals surface area contributed by atoms with E-state index in [1.165, 1.54) is 11.9 Å². The Labute approximate surface area is 297 Å². The molecule has 0 bridgehead atoms. The van der Waals surface area contributed by atoms with Gasteiger partial charge in [0.1, 0.15) is 22.9 Å². The number of likely N-dealkylation sites (tertiary alicyclic amines) is 1. The van der Waals surface area contributed by atoms with Crippen LogP contribution >= 0.6 is 11.9 Å². The Kier molecular flexibility index (Phi) is 9.05. The number of imidazole rings is 2. The highest BCUT2D eigenvalue weighted by Gasteiger charge is 2.34. The van der Waals surface area contributed by atoms with E-state index >= 15 is 0 Å². The van der Waals surface area contributed by atoms with E-state index in [0.717, 1.165) is 87.9 Å². The molecule has 4 heterocycles. The van der Waals surface area contributed by atoms with Crippen molar-refractivity contribution in [1.82, 2.24) is 29.1 Å². The Bertz CT molecular complexity index is 2040. The molecule has 2 amide bonds. The van der Waals surface area contributed by atoms with Gasteiger partial charge in [-0.2, -0.15) is 0 Å². The molecule has 0 spiro atoms. The first-order valence-corrected chi connectivity index (χ1v) is 18.4. The summed E-state index contributed by atoms with van der Waals surface area (Å²) in [4.78, 5) is 44.2. The lowest BCUT2D eigenvalue weighted by molar-refractivity contribution is 0.00853. The second-order valence-electron chi connectivity index (χ2n) is 15.3. The van der Waals surface area contributed by atoms with Crippen molar-refractivity contribution in [3.05, 3.63) is 72.4 Å². The molecule has 2 aliphatic rings. The number of hydrogen-bond acceptors (Lipinski definition) is 7. The van der Waals surface area contributed by atoms with Crippen molar-refractivity contribution >= 4 is 45.9 Å². The molecule has 10 nitrogen and oxygen atoms in total. The number of aromatic amines is 2. The maximum absolute atomic E-state index is 13.0. The molecule has 7 rings (SSSR count). The molecule has 2 aliphatic heterocycles. The number of benzene rings is 3. The Morgan fingerprint density at radius 1 is 0.760 bits per heavy atom. The second kappa shape index (κ2) is 13.3. The van der Waals surface area contributed by atoms with Crippen LogP contribution in [0.3, 0.4) is 0 Å². The minimum Gasteiger partial charge on any atom is -0.444 e. The lowest BCUT2D eigenvalue weighted by Gasteiger charge is -2.35. The van der Waals surface area contributed by atoms with Crippen LogP contribution in [0.1, 0.15) is 96.6 Å². The molecular weight excluding hydrogens is 649 g/mol. The third-order valence-corrected chi connectivity index (χ3v) is 10.3. The van der Waals surface area contributed by atoms with Crippen LogP contribution in [-0.2, 0) is 9.47 Å². The summed E-state index contributed by atoms with van der Waals surface area (Å²) in [5.41, 5.74) is 4.97. The fourth-order valence-electron chi connectivity index (χ4n) is 6.67. The Morgan fingerprint density at radius 3 is 2.20 bits per heavy atom. The van der Waals surface area contributed by atoms with Gasteiger partial charge in [-0.3, -0.25) is 9.21 Å². The fourth-order valence-corrected chi connectivity index (χ4v) is 7.83. The Hall–Kier alpha value is -4.51. The first-order chi connectivity index (χ1) is 23.8. The topological polar surface area (TPSA) is 116 Å². The summed E-state index contributed by atoms with van der Waals surface area (Å²) in [6.07, 6.45) is 5.99. The van der Waals surface area contributed by atoms with Gasteiger partial charge in [0.25, 0.3) is 0 Å². The van der Waals surface area contributed by atoms with Crippen LogP contribution in [0.4, 0.5) is 9.59 Å². The zero-order valence-corrected chi connectivity index (χ0v) is 30.5. The van der Waals surface area contributed by atoms with Crippen LogP contribution in [0, 0.1) is 0 Å². The molecule has 11 heteroatoms. The average molecular weight is 695 g/mol. The van der Waals surface area contributed by atoms with Gasteiger partial charge in [0.05, 0.1) is 34.2 Å². The molecule has 2 atom stereocenters. The average Bonchev–Trinajstić information content (AvgIpc) is 3.74. The minimum absolute atomic E-state index is 0.0582. The summed E-state index contributed by atoms with van der Waals surface area (Å²) in [5.74, 6) is 1.67. The van der Waals surface area contributed by atoms with E-state index in [-0.39, 0.29) is 23.5 Å². The van der Waals surface area contributed by atoms with Gasteiger partial charge in [0.15, 0.2) is 0 Å². The summed E-state index contributed by atoms with van der Waals surface area (Å²) in [6.45, 7) is 12.7. The molecule has 2 saturated heterocycles. The molecule has 5 aromatic rings. The smallest absolute Gasteiger partial charge is 0.420 e. The molecular formula is C39H46N6O4S. The van der Waals surface area contributed by atoms with Gasteiger partial charge in [-0.15, -0.1) is 0 Å². The number of nitrogens with one attached hydrogen (secondary N) is 2. The number of H-pyrrole nitrogens is 2. The molecule has 0 saturated carbocycles. The van der Waals surface area contributed by atoms with Gasteiger partial charge >= 0.3 is 12.2 Å². The lowest BCUT2D eigenvalue weighted by Crippen LogP contribution is -2.42. The predicted molar refractivity (Wildman–Crippen MR) is 199 cm³/mol. The molecule has 0 radical (unpaired) electrons. The maximum Gasteiger partial charge on any atom is 0.420 e. The summed E-state index contributed by atoms with van der Waals surface area (Å²) in [5, 5.41) is 2.33. The van der Waals surface area contributed by atoms with Crippen LogP contribution in [0.2, 0.25) is 0 Å². The molecule has 2 fully saturated rings. The van der Waals surface area contributed by atoms with Gasteiger partial charge in [0, 0.05) is 18.7 Å². The molecule has 3 aromatic carbocycles. The molecule has 0 unspecified atom stereocenters. The van der Waals surface area contributed by atoms with Gasteiger partial charge in [-0.25, -0.2) is 19.6 Å². The van der Waals surface area contributed by atoms with Crippen LogP contribution < -0.4 is 0 Å². The monoisotopic (exact) mass is 694 g/mol. The summed E-state index contributed by atoms with van der Waals surface area (Å²) < 4.78 is 13.0. The standard InChI is InChI=1S/C39H46N6O4S/c1-38(2,3)48-36(46)44-18-8-7-10-32(44)34-41-29-17-16-27(22-30(29)42-34)25-12-13-26-21-28(15-14-24(26)20-25)31-23-40-35(43-31)33-11-9-19-45(50-33)37(47)49-39(4,5)6/h12-17,20-23,32-33H,7-11,18-19H2,1-6H3,(H,40,43)(H,41,42)/t32-,33-/m0/s1. The number of fused-ring (bicyclic) bond motifs is 2. The van der Waals surface area contributed by atoms with E-state index in [2.05, 4.69) is 58.5 Å². The van der Waals surface area contributed by atoms with Crippen molar-refractivity contribution in [3.63, 3.8) is 0 Å². The Balaban J connectivity index is 1.07. The third-order valence-electron chi connectivity index (χ3n) is 9.01. The van der Waals surface area contributed by atoms with Gasteiger partial charge in [-0.05, 0) is 132 Å². The molecule has 0 aliphatic carbocycles. The number of nitrogens with zero attached hydrogens (tertiary/aromatic N) is 4. The summed E-state index contributed by atoms with van der Waals surface area (Å²) in [7, 11) is 0. The number of aromatic nitrogens is 4.